The lowest BCUT2D eigenvalue weighted by molar-refractivity contribution is -0.137. The zero-order valence-electron chi connectivity index (χ0n) is 9.51. The first-order chi connectivity index (χ1) is 8.12. The second-order valence-electron chi connectivity index (χ2n) is 3.81. The van der Waals surface area contributed by atoms with Gasteiger partial charge in [0.1, 0.15) is 0 Å². The van der Waals surface area contributed by atoms with E-state index >= 15 is 0 Å². The number of carboxylic acids is 1. The fourth-order valence-corrected chi connectivity index (χ4v) is 1.26. The van der Waals surface area contributed by atoms with Crippen LogP contribution in [0.3, 0.4) is 0 Å². The predicted octanol–water partition coefficient (Wildman–Crippen LogP) is 3.33. The smallest absolute Gasteiger partial charge is 0.416 e. The van der Waals surface area contributed by atoms with Crippen LogP contribution in [0.4, 0.5) is 17.6 Å². The van der Waals surface area contributed by atoms with E-state index in [1.807, 2.05) is 0 Å². The van der Waals surface area contributed by atoms with Gasteiger partial charge in [-0.3, -0.25) is 0 Å². The fraction of sp³-hybridized carbons (Fsp3) is 0.364. The molecule has 3 nitrogen and oxygen atoms in total. The normalized spacial score (nSPS) is 11.7. The summed E-state index contributed by atoms with van der Waals surface area (Å²) in [7, 11) is 0. The van der Waals surface area contributed by atoms with E-state index in [1.54, 1.807) is 0 Å². The molecule has 100 valence electrons. The quantitative estimate of drug-likeness (QED) is 0.853. The van der Waals surface area contributed by atoms with Gasteiger partial charge in [-0.1, -0.05) is 0 Å². The van der Waals surface area contributed by atoms with Gasteiger partial charge < -0.3 is 9.84 Å². The number of benzene rings is 1. The summed E-state index contributed by atoms with van der Waals surface area (Å²) in [4.78, 5) is 10.7. The largest absolute Gasteiger partial charge is 0.488 e. The van der Waals surface area contributed by atoms with E-state index in [1.165, 1.54) is 13.8 Å². The zero-order chi connectivity index (χ0) is 14.1. The third-order valence-corrected chi connectivity index (χ3v) is 1.96. The molecule has 0 saturated carbocycles. The number of alkyl halides is 3. The Kier molecular flexibility index (Phi) is 3.83. The van der Waals surface area contributed by atoms with Gasteiger partial charge in [0, 0.05) is 0 Å². The molecule has 0 aliphatic heterocycles. The summed E-state index contributed by atoms with van der Waals surface area (Å²) >= 11 is 0. The highest BCUT2D eigenvalue weighted by Gasteiger charge is 2.34. The van der Waals surface area contributed by atoms with Gasteiger partial charge in [0.15, 0.2) is 11.6 Å². The first-order valence-electron chi connectivity index (χ1n) is 4.93. The number of hydrogen-bond acceptors (Lipinski definition) is 2. The Morgan fingerprint density at radius 2 is 1.89 bits per heavy atom. The fourth-order valence-electron chi connectivity index (χ4n) is 1.26. The second-order valence-corrected chi connectivity index (χ2v) is 3.81. The maximum absolute atomic E-state index is 13.6. The highest BCUT2D eigenvalue weighted by Crippen LogP contribution is 2.34. The van der Waals surface area contributed by atoms with E-state index in [0.717, 1.165) is 0 Å². The lowest BCUT2D eigenvalue weighted by Crippen LogP contribution is -2.14. The number of rotatable bonds is 3. The van der Waals surface area contributed by atoms with Gasteiger partial charge in [-0.05, 0) is 26.0 Å². The summed E-state index contributed by atoms with van der Waals surface area (Å²) < 4.78 is 55.9. The number of hydrogen-bond donors (Lipinski definition) is 1. The van der Waals surface area contributed by atoms with Crippen molar-refractivity contribution in [3.8, 4) is 5.75 Å². The second kappa shape index (κ2) is 4.83. The van der Waals surface area contributed by atoms with Crippen molar-refractivity contribution in [1.29, 1.82) is 0 Å². The number of carbonyl (C=O) groups is 1. The molecule has 1 aromatic carbocycles. The van der Waals surface area contributed by atoms with Gasteiger partial charge in [-0.15, -0.1) is 0 Å². The molecule has 0 radical (unpaired) electrons. The van der Waals surface area contributed by atoms with Crippen molar-refractivity contribution in [2.75, 3.05) is 0 Å². The predicted molar refractivity (Wildman–Crippen MR) is 54.1 cm³/mol. The molecule has 1 N–H and O–H groups in total. The molecule has 0 aromatic heterocycles. The molecule has 0 amide bonds. The van der Waals surface area contributed by atoms with Gasteiger partial charge in [0.2, 0.25) is 0 Å². The maximum atomic E-state index is 13.6. The van der Waals surface area contributed by atoms with Crippen LogP contribution in [-0.2, 0) is 6.18 Å². The number of aromatic carboxylic acids is 1. The Morgan fingerprint density at radius 3 is 2.28 bits per heavy atom. The van der Waals surface area contributed by atoms with Crippen molar-refractivity contribution in [2.45, 2.75) is 26.1 Å². The average molecular weight is 266 g/mol. The van der Waals surface area contributed by atoms with Crippen LogP contribution in [0.5, 0.6) is 5.75 Å². The van der Waals surface area contributed by atoms with E-state index in [9.17, 15) is 22.4 Å². The zero-order valence-corrected chi connectivity index (χ0v) is 9.51. The number of carboxylic acid groups (broad SMARTS) is 1. The summed E-state index contributed by atoms with van der Waals surface area (Å²) in [6.07, 6.45) is -5.35. The van der Waals surface area contributed by atoms with Crippen LogP contribution in [0, 0.1) is 5.82 Å². The minimum Gasteiger partial charge on any atom is -0.488 e. The average Bonchev–Trinajstić information content (AvgIpc) is 2.18. The lowest BCUT2D eigenvalue weighted by Gasteiger charge is -2.15. The van der Waals surface area contributed by atoms with Crippen molar-refractivity contribution in [3.63, 3.8) is 0 Å². The topological polar surface area (TPSA) is 46.5 Å². The van der Waals surface area contributed by atoms with Crippen molar-refractivity contribution in [2.24, 2.45) is 0 Å². The van der Waals surface area contributed by atoms with Crippen molar-refractivity contribution in [3.05, 3.63) is 29.1 Å². The molecule has 0 aliphatic carbocycles. The van der Waals surface area contributed by atoms with Crippen LogP contribution in [0.25, 0.3) is 0 Å². The highest BCUT2D eigenvalue weighted by molar-refractivity contribution is 5.88. The van der Waals surface area contributed by atoms with Crippen LogP contribution in [-0.4, -0.2) is 17.2 Å². The molecular formula is C11H10F4O3. The molecule has 0 aliphatic rings. The summed E-state index contributed by atoms with van der Waals surface area (Å²) in [6.45, 7) is 2.97. The molecule has 0 atom stereocenters. The Hall–Kier alpha value is -1.79. The van der Waals surface area contributed by atoms with Gasteiger partial charge in [-0.25, -0.2) is 9.18 Å². The van der Waals surface area contributed by atoms with Crippen LogP contribution in [0.2, 0.25) is 0 Å². The van der Waals surface area contributed by atoms with Crippen molar-refractivity contribution >= 4 is 5.97 Å². The van der Waals surface area contributed by atoms with Gasteiger partial charge in [0.05, 0.1) is 17.2 Å². The number of halogens is 4. The van der Waals surface area contributed by atoms with E-state index in [0.29, 0.717) is 6.07 Å². The summed E-state index contributed by atoms with van der Waals surface area (Å²) in [5.74, 6) is -3.83. The molecule has 0 bridgehead atoms. The molecule has 1 aromatic rings. The minimum absolute atomic E-state index is 0.241. The van der Waals surface area contributed by atoms with Gasteiger partial charge in [0.25, 0.3) is 0 Å². The molecule has 0 heterocycles. The molecule has 18 heavy (non-hydrogen) atoms. The van der Waals surface area contributed by atoms with Crippen molar-refractivity contribution < 1.29 is 32.2 Å². The van der Waals surface area contributed by atoms with Crippen LogP contribution < -0.4 is 4.74 Å². The Balaban J connectivity index is 3.42. The molecule has 0 fully saturated rings. The summed E-state index contributed by atoms with van der Waals surface area (Å²) in [6, 6.07) is 0.687. The number of ether oxygens (including phenoxy) is 1. The van der Waals surface area contributed by atoms with Crippen LogP contribution in [0.1, 0.15) is 29.8 Å². The van der Waals surface area contributed by atoms with Crippen LogP contribution >= 0.6 is 0 Å². The SMILES string of the molecule is CC(C)Oc1cc(C(F)(F)F)cc(C(=O)O)c1F. The van der Waals surface area contributed by atoms with E-state index in [4.69, 9.17) is 9.84 Å². The Morgan fingerprint density at radius 1 is 1.33 bits per heavy atom. The molecule has 0 saturated heterocycles. The monoisotopic (exact) mass is 266 g/mol. The molecule has 1 rings (SSSR count). The molecule has 7 heteroatoms. The van der Waals surface area contributed by atoms with E-state index < -0.39 is 40.9 Å². The highest BCUT2D eigenvalue weighted by atomic mass is 19.4. The lowest BCUT2D eigenvalue weighted by atomic mass is 10.1. The maximum Gasteiger partial charge on any atom is 0.416 e. The Labute approximate surface area is 100.0 Å². The van der Waals surface area contributed by atoms with E-state index in [-0.39, 0.29) is 6.07 Å². The molecule has 0 unspecified atom stereocenters. The van der Waals surface area contributed by atoms with Crippen LogP contribution in [0.15, 0.2) is 12.1 Å². The van der Waals surface area contributed by atoms with Crippen molar-refractivity contribution in [1.82, 2.24) is 0 Å². The molecular weight excluding hydrogens is 256 g/mol. The summed E-state index contributed by atoms with van der Waals surface area (Å²) in [5, 5.41) is 8.65. The van der Waals surface area contributed by atoms with Gasteiger partial charge >= 0.3 is 12.1 Å². The summed E-state index contributed by atoms with van der Waals surface area (Å²) in [5.41, 5.74) is -2.34. The minimum atomic E-state index is -4.77. The third kappa shape index (κ3) is 3.12. The first-order valence-corrected chi connectivity index (χ1v) is 4.93. The first kappa shape index (κ1) is 14.3. The van der Waals surface area contributed by atoms with Gasteiger partial charge in [-0.2, -0.15) is 13.2 Å². The Bertz CT molecular complexity index is 466. The van der Waals surface area contributed by atoms with E-state index in [2.05, 4.69) is 0 Å². The standard InChI is InChI=1S/C11H10F4O3/c1-5(2)18-8-4-6(11(13,14)15)3-7(9(8)12)10(16)17/h3-5H,1-2H3,(H,16,17). The third-order valence-electron chi connectivity index (χ3n) is 1.96. The molecule has 0 spiro atoms.